The Kier molecular flexibility index (Phi) is 2.63. The Labute approximate surface area is 75.9 Å². The molecule has 60 valence electrons. The average molecular weight is 191 g/mol. The number of halogens is 2. The smallest absolute Gasteiger partial charge is 0.141 e. The fourth-order valence-electron chi connectivity index (χ4n) is 0.885. The van der Waals surface area contributed by atoms with E-state index in [1.807, 2.05) is 6.92 Å². The first-order valence-corrected chi connectivity index (χ1v) is 3.91. The third-order valence-electron chi connectivity index (χ3n) is 1.50. The highest BCUT2D eigenvalue weighted by Crippen LogP contribution is 2.32. The Morgan fingerprint density at radius 2 is 1.73 bits per heavy atom. The number of methoxy groups -OCH3 is 1. The normalized spacial score (nSPS) is 9.82. The third-order valence-corrected chi connectivity index (χ3v) is 2.20. The highest BCUT2D eigenvalue weighted by molar-refractivity contribution is 6.34. The van der Waals surface area contributed by atoms with Gasteiger partial charge in [0.1, 0.15) is 5.75 Å². The van der Waals surface area contributed by atoms with Crippen LogP contribution < -0.4 is 4.74 Å². The van der Waals surface area contributed by atoms with Crippen LogP contribution in [-0.2, 0) is 0 Å². The van der Waals surface area contributed by atoms with E-state index in [0.29, 0.717) is 15.8 Å². The largest absolute Gasteiger partial charge is 0.495 e. The zero-order valence-electron chi connectivity index (χ0n) is 6.32. The summed E-state index contributed by atoms with van der Waals surface area (Å²) in [6.07, 6.45) is 0. The van der Waals surface area contributed by atoms with Gasteiger partial charge in [0.15, 0.2) is 0 Å². The summed E-state index contributed by atoms with van der Waals surface area (Å²) in [6.45, 7) is 1.87. The van der Waals surface area contributed by atoms with Crippen LogP contribution in [0.25, 0.3) is 0 Å². The van der Waals surface area contributed by atoms with Crippen LogP contribution in [0.2, 0.25) is 10.0 Å². The maximum absolute atomic E-state index is 5.83. The van der Waals surface area contributed by atoms with E-state index in [2.05, 4.69) is 0 Å². The SMILES string of the molecule is COc1c(Cl)ccc(Cl)c1C. The first-order chi connectivity index (χ1) is 5.16. The summed E-state index contributed by atoms with van der Waals surface area (Å²) in [5.74, 6) is 0.652. The summed E-state index contributed by atoms with van der Waals surface area (Å²) in [5, 5.41) is 1.26. The fourth-order valence-corrected chi connectivity index (χ4v) is 1.32. The second-order valence-corrected chi connectivity index (χ2v) is 3.00. The van der Waals surface area contributed by atoms with E-state index in [0.717, 1.165) is 5.56 Å². The van der Waals surface area contributed by atoms with Gasteiger partial charge in [0.05, 0.1) is 12.1 Å². The molecule has 1 nitrogen and oxygen atoms in total. The Hall–Kier alpha value is -0.400. The van der Waals surface area contributed by atoms with Gasteiger partial charge >= 0.3 is 0 Å². The summed E-state index contributed by atoms with van der Waals surface area (Å²) < 4.78 is 5.04. The molecule has 0 aliphatic heterocycles. The van der Waals surface area contributed by atoms with Crippen LogP contribution in [0.3, 0.4) is 0 Å². The molecule has 0 aromatic heterocycles. The van der Waals surface area contributed by atoms with E-state index in [1.165, 1.54) is 0 Å². The van der Waals surface area contributed by atoms with E-state index < -0.39 is 0 Å². The molecule has 1 aromatic rings. The monoisotopic (exact) mass is 190 g/mol. The third kappa shape index (κ3) is 1.60. The van der Waals surface area contributed by atoms with Crippen molar-refractivity contribution in [2.24, 2.45) is 0 Å². The molecule has 0 aliphatic carbocycles. The van der Waals surface area contributed by atoms with E-state index in [-0.39, 0.29) is 0 Å². The first kappa shape index (κ1) is 8.69. The highest BCUT2D eigenvalue weighted by Gasteiger charge is 2.06. The molecule has 0 spiro atoms. The summed E-state index contributed by atoms with van der Waals surface area (Å²) in [6, 6.07) is 3.47. The minimum atomic E-state index is 0.592. The molecule has 0 unspecified atom stereocenters. The van der Waals surface area contributed by atoms with E-state index in [9.17, 15) is 0 Å². The number of hydrogen-bond donors (Lipinski definition) is 0. The molecule has 0 heterocycles. The zero-order valence-corrected chi connectivity index (χ0v) is 7.83. The number of benzene rings is 1. The number of hydrogen-bond acceptors (Lipinski definition) is 1. The molecule has 0 fully saturated rings. The molecular formula is C8H8Cl2O. The van der Waals surface area contributed by atoms with E-state index in [4.69, 9.17) is 27.9 Å². The van der Waals surface area contributed by atoms with Gasteiger partial charge in [-0.1, -0.05) is 23.2 Å². The Morgan fingerprint density at radius 3 is 2.18 bits per heavy atom. The zero-order chi connectivity index (χ0) is 8.43. The lowest BCUT2D eigenvalue weighted by atomic mass is 10.2. The topological polar surface area (TPSA) is 9.23 Å². The summed E-state index contributed by atoms with van der Waals surface area (Å²) >= 11 is 11.6. The van der Waals surface area contributed by atoms with Crippen LogP contribution in [0.15, 0.2) is 12.1 Å². The van der Waals surface area contributed by atoms with Crippen LogP contribution in [0.1, 0.15) is 5.56 Å². The van der Waals surface area contributed by atoms with Crippen molar-refractivity contribution in [2.75, 3.05) is 7.11 Å². The first-order valence-electron chi connectivity index (χ1n) is 3.15. The second-order valence-electron chi connectivity index (χ2n) is 2.19. The van der Waals surface area contributed by atoms with Crippen LogP contribution >= 0.6 is 23.2 Å². The second kappa shape index (κ2) is 3.33. The van der Waals surface area contributed by atoms with Crippen molar-refractivity contribution in [1.29, 1.82) is 0 Å². The molecule has 0 aliphatic rings. The molecule has 1 aromatic carbocycles. The lowest BCUT2D eigenvalue weighted by Crippen LogP contribution is -1.88. The molecule has 3 heteroatoms. The predicted octanol–water partition coefficient (Wildman–Crippen LogP) is 3.31. The summed E-state index contributed by atoms with van der Waals surface area (Å²) in [5.41, 5.74) is 0.877. The van der Waals surface area contributed by atoms with Gasteiger partial charge in [-0.05, 0) is 19.1 Å². The minimum Gasteiger partial charge on any atom is -0.495 e. The maximum atomic E-state index is 5.83. The average Bonchev–Trinajstić information content (AvgIpc) is 1.99. The molecule has 0 bridgehead atoms. The molecule has 0 saturated heterocycles. The molecule has 0 radical (unpaired) electrons. The van der Waals surface area contributed by atoms with E-state index >= 15 is 0 Å². The maximum Gasteiger partial charge on any atom is 0.141 e. The molecule has 11 heavy (non-hydrogen) atoms. The van der Waals surface area contributed by atoms with E-state index in [1.54, 1.807) is 19.2 Å². The van der Waals surface area contributed by atoms with Crippen molar-refractivity contribution in [3.05, 3.63) is 27.7 Å². The van der Waals surface area contributed by atoms with Crippen molar-refractivity contribution in [3.8, 4) is 5.75 Å². The predicted molar refractivity (Wildman–Crippen MR) is 47.8 cm³/mol. The minimum absolute atomic E-state index is 0.592. The number of ether oxygens (including phenoxy) is 1. The lowest BCUT2D eigenvalue weighted by Gasteiger charge is -2.07. The van der Waals surface area contributed by atoms with Gasteiger partial charge in [-0.2, -0.15) is 0 Å². The Morgan fingerprint density at radius 1 is 1.18 bits per heavy atom. The molecular weight excluding hydrogens is 183 g/mol. The summed E-state index contributed by atoms with van der Waals surface area (Å²) in [7, 11) is 1.57. The fraction of sp³-hybridized carbons (Fsp3) is 0.250. The van der Waals surface area contributed by atoms with Crippen LogP contribution in [0, 0.1) is 6.92 Å². The van der Waals surface area contributed by atoms with Crippen LogP contribution in [0.4, 0.5) is 0 Å². The highest BCUT2D eigenvalue weighted by atomic mass is 35.5. The lowest BCUT2D eigenvalue weighted by molar-refractivity contribution is 0.412. The Balaban J connectivity index is 3.29. The van der Waals surface area contributed by atoms with Crippen molar-refractivity contribution >= 4 is 23.2 Å². The van der Waals surface area contributed by atoms with Gasteiger partial charge in [-0.3, -0.25) is 0 Å². The molecule has 0 N–H and O–H groups in total. The van der Waals surface area contributed by atoms with Crippen molar-refractivity contribution in [1.82, 2.24) is 0 Å². The molecule has 1 rings (SSSR count). The quantitative estimate of drug-likeness (QED) is 0.661. The van der Waals surface area contributed by atoms with Crippen molar-refractivity contribution in [3.63, 3.8) is 0 Å². The van der Waals surface area contributed by atoms with Gasteiger partial charge < -0.3 is 4.74 Å². The van der Waals surface area contributed by atoms with Gasteiger partial charge in [-0.15, -0.1) is 0 Å². The summed E-state index contributed by atoms with van der Waals surface area (Å²) in [4.78, 5) is 0. The standard InChI is InChI=1S/C8H8Cl2O/c1-5-6(9)3-4-7(10)8(5)11-2/h3-4H,1-2H3. The Bertz CT molecular complexity index is 271. The van der Waals surface area contributed by atoms with Crippen molar-refractivity contribution < 1.29 is 4.74 Å². The molecule has 0 amide bonds. The van der Waals surface area contributed by atoms with Gasteiger partial charge in [0, 0.05) is 10.6 Å². The van der Waals surface area contributed by atoms with Gasteiger partial charge in [0.25, 0.3) is 0 Å². The van der Waals surface area contributed by atoms with Crippen molar-refractivity contribution in [2.45, 2.75) is 6.92 Å². The van der Waals surface area contributed by atoms with Gasteiger partial charge in [-0.25, -0.2) is 0 Å². The molecule has 0 atom stereocenters. The van der Waals surface area contributed by atoms with Crippen LogP contribution in [-0.4, -0.2) is 7.11 Å². The van der Waals surface area contributed by atoms with Crippen LogP contribution in [0.5, 0.6) is 5.75 Å². The molecule has 0 saturated carbocycles. The number of rotatable bonds is 1. The van der Waals surface area contributed by atoms with Gasteiger partial charge in [0.2, 0.25) is 0 Å².